The number of amides is 3. The molecular weight excluding hydrogens is 266 g/mol. The van der Waals surface area contributed by atoms with E-state index >= 15 is 0 Å². The van der Waals surface area contributed by atoms with Gasteiger partial charge in [-0.1, -0.05) is 13.0 Å². The summed E-state index contributed by atoms with van der Waals surface area (Å²) in [5.74, 6) is 0.593. The van der Waals surface area contributed by atoms with E-state index in [9.17, 15) is 9.59 Å². The summed E-state index contributed by atoms with van der Waals surface area (Å²) < 4.78 is 0. The molecule has 1 aromatic rings. The molecule has 0 unspecified atom stereocenters. The molecule has 1 fully saturated rings. The van der Waals surface area contributed by atoms with Crippen LogP contribution < -0.4 is 16.0 Å². The maximum absolute atomic E-state index is 12.0. The zero-order valence-corrected chi connectivity index (χ0v) is 12.6. The minimum Gasteiger partial charge on any atom is -0.355 e. The zero-order chi connectivity index (χ0) is 15.2. The standard InChI is InChI=1S/C16H23N3O2/c1-11-6-8-13(9-7-11)18-16(21)19-14-5-3-4-12(10-14)15(20)17-2/h3-5,10-11,13H,6-9H2,1-2H3,(H,17,20)(H2,18,19,21). The summed E-state index contributed by atoms with van der Waals surface area (Å²) in [6, 6.07) is 6.95. The van der Waals surface area contributed by atoms with Gasteiger partial charge in [0.2, 0.25) is 0 Å². The van der Waals surface area contributed by atoms with Gasteiger partial charge in [-0.3, -0.25) is 4.79 Å². The Morgan fingerprint density at radius 3 is 2.52 bits per heavy atom. The van der Waals surface area contributed by atoms with E-state index in [2.05, 4.69) is 22.9 Å². The highest BCUT2D eigenvalue weighted by Gasteiger charge is 2.19. The second-order valence-electron chi connectivity index (χ2n) is 5.72. The minimum absolute atomic E-state index is 0.166. The van der Waals surface area contributed by atoms with E-state index in [1.807, 2.05) is 0 Å². The Hall–Kier alpha value is -2.04. The van der Waals surface area contributed by atoms with Gasteiger partial charge < -0.3 is 16.0 Å². The number of rotatable bonds is 3. The maximum Gasteiger partial charge on any atom is 0.319 e. The van der Waals surface area contributed by atoms with E-state index in [1.54, 1.807) is 31.3 Å². The molecule has 21 heavy (non-hydrogen) atoms. The maximum atomic E-state index is 12.0. The zero-order valence-electron chi connectivity index (χ0n) is 12.6. The molecular formula is C16H23N3O2. The first-order valence-electron chi connectivity index (χ1n) is 7.48. The van der Waals surface area contributed by atoms with E-state index in [4.69, 9.17) is 0 Å². The average molecular weight is 289 g/mol. The van der Waals surface area contributed by atoms with Crippen LogP contribution in [0.2, 0.25) is 0 Å². The minimum atomic E-state index is -0.205. The van der Waals surface area contributed by atoms with E-state index in [-0.39, 0.29) is 18.0 Å². The highest BCUT2D eigenvalue weighted by atomic mass is 16.2. The third-order valence-electron chi connectivity index (χ3n) is 3.96. The number of carbonyl (C=O) groups excluding carboxylic acids is 2. The van der Waals surface area contributed by atoms with E-state index in [1.165, 1.54) is 0 Å². The first-order chi connectivity index (χ1) is 10.1. The average Bonchev–Trinajstić information content (AvgIpc) is 2.49. The molecule has 1 aliphatic carbocycles. The summed E-state index contributed by atoms with van der Waals surface area (Å²) >= 11 is 0. The normalized spacial score (nSPS) is 21.4. The first kappa shape index (κ1) is 15.4. The van der Waals surface area contributed by atoms with Crippen molar-refractivity contribution in [3.8, 4) is 0 Å². The Kier molecular flexibility index (Phi) is 5.20. The van der Waals surface area contributed by atoms with Crippen LogP contribution in [0.5, 0.6) is 0 Å². The molecule has 3 N–H and O–H groups in total. The van der Waals surface area contributed by atoms with Crippen molar-refractivity contribution >= 4 is 17.6 Å². The SMILES string of the molecule is CNC(=O)c1cccc(NC(=O)NC2CCC(C)CC2)c1. The Balaban J connectivity index is 1.89. The Bertz CT molecular complexity index is 508. The lowest BCUT2D eigenvalue weighted by Gasteiger charge is -2.26. The third-order valence-corrected chi connectivity index (χ3v) is 3.96. The lowest BCUT2D eigenvalue weighted by atomic mass is 9.87. The van der Waals surface area contributed by atoms with E-state index in [0.717, 1.165) is 31.6 Å². The summed E-state index contributed by atoms with van der Waals surface area (Å²) in [5, 5.41) is 8.35. The van der Waals surface area contributed by atoms with Gasteiger partial charge in [-0.05, 0) is 49.8 Å². The molecule has 114 valence electrons. The molecule has 3 amide bonds. The summed E-state index contributed by atoms with van der Waals surface area (Å²) in [4.78, 5) is 23.5. The molecule has 5 nitrogen and oxygen atoms in total. The molecule has 0 atom stereocenters. The van der Waals surface area contributed by atoms with Crippen molar-refractivity contribution in [3.05, 3.63) is 29.8 Å². The van der Waals surface area contributed by atoms with Gasteiger partial charge in [-0.15, -0.1) is 0 Å². The molecule has 5 heteroatoms. The van der Waals surface area contributed by atoms with Crippen molar-refractivity contribution in [2.75, 3.05) is 12.4 Å². The summed E-state index contributed by atoms with van der Waals surface area (Å²) in [5.41, 5.74) is 1.15. The summed E-state index contributed by atoms with van der Waals surface area (Å²) in [6.07, 6.45) is 4.40. The largest absolute Gasteiger partial charge is 0.355 e. The molecule has 0 bridgehead atoms. The van der Waals surface area contributed by atoms with Crippen LogP contribution in [0.4, 0.5) is 10.5 Å². The highest BCUT2D eigenvalue weighted by Crippen LogP contribution is 2.23. The van der Waals surface area contributed by atoms with Crippen LogP contribution in [0.1, 0.15) is 43.0 Å². The van der Waals surface area contributed by atoms with Crippen molar-refractivity contribution in [3.63, 3.8) is 0 Å². The Labute approximate surface area is 125 Å². The Morgan fingerprint density at radius 2 is 1.86 bits per heavy atom. The lowest BCUT2D eigenvalue weighted by molar-refractivity contribution is 0.0963. The summed E-state index contributed by atoms with van der Waals surface area (Å²) in [6.45, 7) is 2.25. The van der Waals surface area contributed by atoms with Gasteiger partial charge in [0, 0.05) is 24.3 Å². The molecule has 1 aliphatic rings. The van der Waals surface area contributed by atoms with Gasteiger partial charge in [0.25, 0.3) is 5.91 Å². The molecule has 1 saturated carbocycles. The molecule has 0 saturated heterocycles. The second kappa shape index (κ2) is 7.11. The predicted octanol–water partition coefficient (Wildman–Crippen LogP) is 2.75. The van der Waals surface area contributed by atoms with Crippen molar-refractivity contribution in [1.29, 1.82) is 0 Å². The topological polar surface area (TPSA) is 70.2 Å². The fourth-order valence-corrected chi connectivity index (χ4v) is 2.64. The lowest BCUT2D eigenvalue weighted by Crippen LogP contribution is -2.39. The smallest absolute Gasteiger partial charge is 0.319 e. The molecule has 0 aliphatic heterocycles. The fourth-order valence-electron chi connectivity index (χ4n) is 2.64. The molecule has 0 aromatic heterocycles. The van der Waals surface area contributed by atoms with Gasteiger partial charge >= 0.3 is 6.03 Å². The van der Waals surface area contributed by atoms with Crippen molar-refractivity contribution in [2.24, 2.45) is 5.92 Å². The number of nitrogens with one attached hydrogen (secondary N) is 3. The number of urea groups is 1. The Morgan fingerprint density at radius 1 is 1.14 bits per heavy atom. The number of anilines is 1. The van der Waals surface area contributed by atoms with Crippen molar-refractivity contribution in [1.82, 2.24) is 10.6 Å². The van der Waals surface area contributed by atoms with E-state index < -0.39 is 0 Å². The van der Waals surface area contributed by atoms with Gasteiger partial charge in [0.05, 0.1) is 0 Å². The third kappa shape index (κ3) is 4.48. The molecule has 0 heterocycles. The van der Waals surface area contributed by atoms with Crippen molar-refractivity contribution in [2.45, 2.75) is 38.6 Å². The monoisotopic (exact) mass is 289 g/mol. The van der Waals surface area contributed by atoms with Crippen LogP contribution in [0.25, 0.3) is 0 Å². The van der Waals surface area contributed by atoms with Crippen LogP contribution in [-0.4, -0.2) is 25.0 Å². The predicted molar refractivity (Wildman–Crippen MR) is 83.4 cm³/mol. The molecule has 2 rings (SSSR count). The van der Waals surface area contributed by atoms with Gasteiger partial charge in [0.15, 0.2) is 0 Å². The number of hydrogen-bond acceptors (Lipinski definition) is 2. The van der Waals surface area contributed by atoms with Crippen LogP contribution >= 0.6 is 0 Å². The number of hydrogen-bond donors (Lipinski definition) is 3. The van der Waals surface area contributed by atoms with Gasteiger partial charge in [-0.25, -0.2) is 4.79 Å². The first-order valence-corrected chi connectivity index (χ1v) is 7.48. The van der Waals surface area contributed by atoms with Crippen molar-refractivity contribution < 1.29 is 9.59 Å². The molecule has 1 aromatic carbocycles. The second-order valence-corrected chi connectivity index (χ2v) is 5.72. The van der Waals surface area contributed by atoms with Gasteiger partial charge in [0.1, 0.15) is 0 Å². The molecule has 0 spiro atoms. The molecule has 0 radical (unpaired) electrons. The number of benzene rings is 1. The summed E-state index contributed by atoms with van der Waals surface area (Å²) in [7, 11) is 1.58. The van der Waals surface area contributed by atoms with Crippen LogP contribution in [0.3, 0.4) is 0 Å². The van der Waals surface area contributed by atoms with E-state index in [0.29, 0.717) is 11.3 Å². The van der Waals surface area contributed by atoms with Crippen LogP contribution in [0, 0.1) is 5.92 Å². The highest BCUT2D eigenvalue weighted by molar-refractivity contribution is 5.96. The van der Waals surface area contributed by atoms with Crippen LogP contribution in [-0.2, 0) is 0 Å². The van der Waals surface area contributed by atoms with Gasteiger partial charge in [-0.2, -0.15) is 0 Å². The number of carbonyl (C=O) groups is 2. The quantitative estimate of drug-likeness (QED) is 0.800. The van der Waals surface area contributed by atoms with Crippen LogP contribution in [0.15, 0.2) is 24.3 Å². The fraction of sp³-hybridized carbons (Fsp3) is 0.500.